The van der Waals surface area contributed by atoms with Crippen molar-refractivity contribution in [2.45, 2.75) is 4.90 Å². The molecule has 0 spiro atoms. The fourth-order valence-corrected chi connectivity index (χ4v) is 5.40. The van der Waals surface area contributed by atoms with E-state index in [4.69, 9.17) is 4.74 Å². The number of carbonyl (C=O) groups excluding carboxylic acids is 1. The van der Waals surface area contributed by atoms with Gasteiger partial charge in [-0.2, -0.15) is 4.31 Å². The largest absolute Gasteiger partial charge is 0.504 e. The highest BCUT2D eigenvalue weighted by Crippen LogP contribution is 2.27. The van der Waals surface area contributed by atoms with Gasteiger partial charge in [-0.15, -0.1) is 0 Å². The van der Waals surface area contributed by atoms with Crippen LogP contribution in [0.15, 0.2) is 57.9 Å². The summed E-state index contributed by atoms with van der Waals surface area (Å²) >= 11 is 3.29. The number of benzene rings is 2. The summed E-state index contributed by atoms with van der Waals surface area (Å²) in [6.45, 7) is 1.09. The third kappa shape index (κ3) is 4.80. The van der Waals surface area contributed by atoms with Crippen molar-refractivity contribution in [3.8, 4) is 11.5 Å². The van der Waals surface area contributed by atoms with Gasteiger partial charge >= 0.3 is 0 Å². The molecule has 0 aromatic heterocycles. The standard InChI is InChI=1S/C20H21BrN2O5S/c1-28-18-14-15(6-8-17(18)24)7-9-20(25)22-10-12-23(13-11-22)29(26,27)19-5-3-2-4-16(19)21/h2-9,14,24H,10-13H2,1H3/b9-7+. The second-order valence-corrected chi connectivity index (χ2v) is 9.19. The number of ether oxygens (including phenoxy) is 1. The van der Waals surface area contributed by atoms with Gasteiger partial charge in [-0.25, -0.2) is 8.42 Å². The van der Waals surface area contributed by atoms with Crippen molar-refractivity contribution in [1.82, 2.24) is 9.21 Å². The summed E-state index contributed by atoms with van der Waals surface area (Å²) in [4.78, 5) is 14.3. The number of piperazine rings is 1. The number of amides is 1. The van der Waals surface area contributed by atoms with Gasteiger partial charge in [0.25, 0.3) is 0 Å². The molecule has 2 aromatic carbocycles. The van der Waals surface area contributed by atoms with Gasteiger partial charge in [0.1, 0.15) is 0 Å². The van der Waals surface area contributed by atoms with Gasteiger partial charge in [0.2, 0.25) is 15.9 Å². The quantitative estimate of drug-likeness (QED) is 0.664. The number of nitrogens with zero attached hydrogens (tertiary/aromatic N) is 2. The molecule has 1 aliphatic heterocycles. The normalized spacial score (nSPS) is 15.6. The molecule has 1 aliphatic rings. The lowest BCUT2D eigenvalue weighted by atomic mass is 10.2. The van der Waals surface area contributed by atoms with E-state index in [0.29, 0.717) is 28.9 Å². The number of hydrogen-bond acceptors (Lipinski definition) is 5. The summed E-state index contributed by atoms with van der Waals surface area (Å²) in [5.74, 6) is 0.152. The second kappa shape index (κ2) is 8.98. The van der Waals surface area contributed by atoms with Crippen LogP contribution in [0.25, 0.3) is 6.08 Å². The van der Waals surface area contributed by atoms with Crippen LogP contribution in [0.4, 0.5) is 0 Å². The van der Waals surface area contributed by atoms with E-state index in [9.17, 15) is 18.3 Å². The first-order valence-corrected chi connectivity index (χ1v) is 11.1. The van der Waals surface area contributed by atoms with Crippen LogP contribution in [0.1, 0.15) is 5.56 Å². The Kier molecular flexibility index (Phi) is 6.61. The lowest BCUT2D eigenvalue weighted by Gasteiger charge is -2.33. The van der Waals surface area contributed by atoms with Crippen molar-refractivity contribution < 1.29 is 23.1 Å². The van der Waals surface area contributed by atoms with Crippen molar-refractivity contribution in [1.29, 1.82) is 0 Å². The van der Waals surface area contributed by atoms with E-state index in [1.54, 1.807) is 47.4 Å². The molecule has 1 saturated heterocycles. The lowest BCUT2D eigenvalue weighted by molar-refractivity contribution is -0.127. The molecule has 9 heteroatoms. The zero-order chi connectivity index (χ0) is 21.0. The van der Waals surface area contributed by atoms with Crippen LogP contribution in [0.3, 0.4) is 0 Å². The van der Waals surface area contributed by atoms with Gasteiger partial charge < -0.3 is 14.7 Å². The number of phenols is 1. The van der Waals surface area contributed by atoms with Crippen molar-refractivity contribution in [2.24, 2.45) is 0 Å². The Bertz CT molecular complexity index is 1030. The smallest absolute Gasteiger partial charge is 0.246 e. The highest BCUT2D eigenvalue weighted by molar-refractivity contribution is 9.10. The van der Waals surface area contributed by atoms with E-state index in [1.807, 2.05) is 0 Å². The zero-order valence-electron chi connectivity index (χ0n) is 15.8. The van der Waals surface area contributed by atoms with Crippen molar-refractivity contribution in [2.75, 3.05) is 33.3 Å². The number of phenolic OH excluding ortho intramolecular Hbond substituents is 1. The van der Waals surface area contributed by atoms with E-state index in [2.05, 4.69) is 15.9 Å². The second-order valence-electron chi connectivity index (χ2n) is 6.42. The summed E-state index contributed by atoms with van der Waals surface area (Å²) in [5, 5.41) is 9.63. The first-order chi connectivity index (χ1) is 13.8. The molecule has 2 aromatic rings. The Morgan fingerprint density at radius 2 is 1.83 bits per heavy atom. The fourth-order valence-electron chi connectivity index (χ4n) is 3.01. The van der Waals surface area contributed by atoms with E-state index in [1.165, 1.54) is 23.6 Å². The van der Waals surface area contributed by atoms with Gasteiger partial charge in [-0.1, -0.05) is 18.2 Å². The van der Waals surface area contributed by atoms with Gasteiger partial charge in [-0.3, -0.25) is 4.79 Å². The van der Waals surface area contributed by atoms with E-state index in [-0.39, 0.29) is 29.6 Å². The average Bonchev–Trinajstić information content (AvgIpc) is 2.73. The minimum atomic E-state index is -3.62. The Balaban J connectivity index is 1.63. The van der Waals surface area contributed by atoms with Crippen LogP contribution >= 0.6 is 15.9 Å². The Labute approximate surface area is 178 Å². The van der Waals surface area contributed by atoms with Gasteiger partial charge in [0, 0.05) is 36.7 Å². The predicted octanol–water partition coefficient (Wildman–Crippen LogP) is 2.71. The molecule has 1 N–H and O–H groups in total. The number of hydrogen-bond donors (Lipinski definition) is 1. The maximum Gasteiger partial charge on any atom is 0.246 e. The number of carbonyl (C=O) groups is 1. The molecule has 3 rings (SSSR count). The Morgan fingerprint density at radius 1 is 1.14 bits per heavy atom. The minimum absolute atomic E-state index is 0.0263. The van der Waals surface area contributed by atoms with Crippen LogP contribution in [0, 0.1) is 0 Å². The summed E-state index contributed by atoms with van der Waals surface area (Å²) < 4.78 is 32.6. The molecule has 1 amide bonds. The van der Waals surface area contributed by atoms with E-state index >= 15 is 0 Å². The van der Waals surface area contributed by atoms with Crippen molar-refractivity contribution in [3.05, 3.63) is 58.6 Å². The highest BCUT2D eigenvalue weighted by Gasteiger charge is 2.30. The average molecular weight is 481 g/mol. The van der Waals surface area contributed by atoms with Crippen LogP contribution in [-0.4, -0.2) is 61.9 Å². The molecule has 0 saturated carbocycles. The molecule has 154 valence electrons. The van der Waals surface area contributed by atoms with Crippen LogP contribution in [0.2, 0.25) is 0 Å². The lowest BCUT2D eigenvalue weighted by Crippen LogP contribution is -2.50. The molecule has 7 nitrogen and oxygen atoms in total. The molecule has 1 fully saturated rings. The number of rotatable bonds is 5. The first kappa shape index (κ1) is 21.4. The Morgan fingerprint density at radius 3 is 2.48 bits per heavy atom. The minimum Gasteiger partial charge on any atom is -0.504 e. The predicted molar refractivity (Wildman–Crippen MR) is 113 cm³/mol. The van der Waals surface area contributed by atoms with Gasteiger partial charge in [0.05, 0.1) is 12.0 Å². The fraction of sp³-hybridized carbons (Fsp3) is 0.250. The monoisotopic (exact) mass is 480 g/mol. The maximum atomic E-state index is 12.8. The van der Waals surface area contributed by atoms with Crippen molar-refractivity contribution in [3.63, 3.8) is 0 Å². The first-order valence-electron chi connectivity index (χ1n) is 8.91. The summed E-state index contributed by atoms with van der Waals surface area (Å²) in [6.07, 6.45) is 3.07. The van der Waals surface area contributed by atoms with Crippen LogP contribution in [0.5, 0.6) is 11.5 Å². The maximum absolute atomic E-state index is 12.8. The number of sulfonamides is 1. The summed E-state index contributed by atoms with van der Waals surface area (Å²) in [5.41, 5.74) is 0.711. The summed E-state index contributed by atoms with van der Waals surface area (Å²) in [6, 6.07) is 11.5. The Hall–Kier alpha value is -2.36. The number of halogens is 1. The van der Waals surface area contributed by atoms with Crippen LogP contribution in [-0.2, 0) is 14.8 Å². The number of aromatic hydroxyl groups is 1. The molecule has 0 bridgehead atoms. The SMILES string of the molecule is COc1cc(/C=C/C(=O)N2CCN(S(=O)(=O)c3ccccc3Br)CC2)ccc1O. The molecular weight excluding hydrogens is 460 g/mol. The molecule has 1 heterocycles. The molecular formula is C20H21BrN2O5S. The summed E-state index contributed by atoms with van der Waals surface area (Å²) in [7, 11) is -2.16. The van der Waals surface area contributed by atoms with E-state index < -0.39 is 10.0 Å². The molecule has 29 heavy (non-hydrogen) atoms. The van der Waals surface area contributed by atoms with Crippen LogP contribution < -0.4 is 4.74 Å². The van der Waals surface area contributed by atoms with Gasteiger partial charge in [0.15, 0.2) is 11.5 Å². The number of methoxy groups -OCH3 is 1. The molecule has 0 unspecified atom stereocenters. The third-order valence-corrected chi connectivity index (χ3v) is 7.54. The third-order valence-electron chi connectivity index (χ3n) is 4.63. The van der Waals surface area contributed by atoms with Gasteiger partial charge in [-0.05, 0) is 51.8 Å². The highest BCUT2D eigenvalue weighted by atomic mass is 79.9. The molecule has 0 aliphatic carbocycles. The molecule has 0 radical (unpaired) electrons. The van der Waals surface area contributed by atoms with Crippen molar-refractivity contribution >= 4 is 37.9 Å². The molecule has 0 atom stereocenters. The topological polar surface area (TPSA) is 87.2 Å². The van der Waals surface area contributed by atoms with E-state index in [0.717, 1.165) is 0 Å². The zero-order valence-corrected chi connectivity index (χ0v) is 18.2.